The van der Waals surface area contributed by atoms with Gasteiger partial charge in [-0.25, -0.2) is 5.43 Å². The van der Waals surface area contributed by atoms with Crippen LogP contribution in [0.15, 0.2) is 64.2 Å². The minimum absolute atomic E-state index is 0.0462. The van der Waals surface area contributed by atoms with Crippen molar-refractivity contribution in [3.05, 3.63) is 80.4 Å². The number of aromatic nitrogens is 2. The van der Waals surface area contributed by atoms with Crippen LogP contribution < -0.4 is 5.43 Å². The summed E-state index contributed by atoms with van der Waals surface area (Å²) in [5.74, 6) is -0.472. The summed E-state index contributed by atoms with van der Waals surface area (Å²) in [6, 6.07) is 15.0. The number of hydrogen-bond donors (Lipinski definition) is 2. The SMILES string of the molecule is O=C(N/N=C/c1cccc(Br)c1)c1cc(-c2cccc([N+](=O)[O-])c2)n[nH]1. The van der Waals surface area contributed by atoms with E-state index >= 15 is 0 Å². The number of carbonyl (C=O) groups excluding carboxylic acids is 1. The van der Waals surface area contributed by atoms with Crippen LogP contribution in [-0.4, -0.2) is 27.2 Å². The average Bonchev–Trinajstić information content (AvgIpc) is 3.12. The number of hydrogen-bond acceptors (Lipinski definition) is 5. The van der Waals surface area contributed by atoms with E-state index in [0.717, 1.165) is 10.0 Å². The summed E-state index contributed by atoms with van der Waals surface area (Å²) in [5.41, 5.74) is 4.32. The van der Waals surface area contributed by atoms with Gasteiger partial charge in [0, 0.05) is 22.2 Å². The van der Waals surface area contributed by atoms with E-state index in [0.29, 0.717) is 11.3 Å². The molecule has 0 aliphatic carbocycles. The Labute approximate surface area is 156 Å². The van der Waals surface area contributed by atoms with Crippen LogP contribution in [0.4, 0.5) is 5.69 Å². The number of rotatable bonds is 5. The van der Waals surface area contributed by atoms with Gasteiger partial charge in [0.15, 0.2) is 0 Å². The zero-order chi connectivity index (χ0) is 18.5. The van der Waals surface area contributed by atoms with E-state index in [1.165, 1.54) is 24.4 Å². The fraction of sp³-hybridized carbons (Fsp3) is 0. The zero-order valence-corrected chi connectivity index (χ0v) is 14.8. The van der Waals surface area contributed by atoms with Crippen molar-refractivity contribution >= 4 is 33.7 Å². The Balaban J connectivity index is 1.70. The standard InChI is InChI=1S/C17H12BrN5O3/c18-13-5-1-3-11(7-13)10-19-22-17(24)16-9-15(20-21-16)12-4-2-6-14(8-12)23(25)26/h1-10H,(H,20,21)(H,22,24)/b19-10+. The zero-order valence-electron chi connectivity index (χ0n) is 13.2. The molecule has 0 bridgehead atoms. The normalized spacial score (nSPS) is 10.8. The van der Waals surface area contributed by atoms with Crippen molar-refractivity contribution in [2.45, 2.75) is 0 Å². The Morgan fingerprint density at radius 3 is 2.81 bits per heavy atom. The van der Waals surface area contributed by atoms with E-state index in [1.54, 1.807) is 12.1 Å². The van der Waals surface area contributed by atoms with E-state index in [-0.39, 0.29) is 11.4 Å². The smallest absolute Gasteiger partial charge is 0.272 e. The molecule has 8 nitrogen and oxygen atoms in total. The van der Waals surface area contributed by atoms with Crippen molar-refractivity contribution in [3.63, 3.8) is 0 Å². The summed E-state index contributed by atoms with van der Waals surface area (Å²) in [6.07, 6.45) is 1.51. The molecule has 1 heterocycles. The number of benzene rings is 2. The van der Waals surface area contributed by atoms with Crippen molar-refractivity contribution in [2.75, 3.05) is 0 Å². The van der Waals surface area contributed by atoms with Crippen LogP contribution in [0, 0.1) is 10.1 Å². The highest BCUT2D eigenvalue weighted by Crippen LogP contribution is 2.22. The van der Waals surface area contributed by atoms with E-state index in [4.69, 9.17) is 0 Å². The predicted octanol–water partition coefficient (Wildman–Crippen LogP) is 3.51. The van der Waals surface area contributed by atoms with Crippen LogP contribution in [0.2, 0.25) is 0 Å². The first-order valence-electron chi connectivity index (χ1n) is 7.42. The second-order valence-electron chi connectivity index (χ2n) is 5.23. The summed E-state index contributed by atoms with van der Waals surface area (Å²) in [5, 5.41) is 21.4. The van der Waals surface area contributed by atoms with E-state index < -0.39 is 10.8 Å². The molecular formula is C17H12BrN5O3. The molecule has 0 saturated heterocycles. The van der Waals surface area contributed by atoms with Crippen molar-refractivity contribution in [3.8, 4) is 11.3 Å². The Morgan fingerprint density at radius 1 is 1.23 bits per heavy atom. The molecule has 0 spiro atoms. The van der Waals surface area contributed by atoms with E-state index in [9.17, 15) is 14.9 Å². The minimum Gasteiger partial charge on any atom is -0.272 e. The van der Waals surface area contributed by atoms with E-state index in [2.05, 4.69) is 36.7 Å². The number of nitrogens with one attached hydrogen (secondary N) is 2. The predicted molar refractivity (Wildman–Crippen MR) is 99.9 cm³/mol. The molecular weight excluding hydrogens is 402 g/mol. The minimum atomic E-state index is -0.486. The second kappa shape index (κ2) is 7.70. The molecule has 9 heteroatoms. The second-order valence-corrected chi connectivity index (χ2v) is 6.14. The number of aromatic amines is 1. The molecule has 2 N–H and O–H groups in total. The Morgan fingerprint density at radius 2 is 2.04 bits per heavy atom. The molecule has 2 aromatic carbocycles. The van der Waals surface area contributed by atoms with Crippen LogP contribution in [0.1, 0.15) is 16.1 Å². The maximum absolute atomic E-state index is 12.1. The van der Waals surface area contributed by atoms with Gasteiger partial charge in [-0.3, -0.25) is 20.0 Å². The third-order valence-corrected chi connectivity index (χ3v) is 3.90. The number of hydrazone groups is 1. The molecule has 0 aliphatic heterocycles. The number of carbonyl (C=O) groups is 1. The molecule has 0 radical (unpaired) electrons. The van der Waals surface area contributed by atoms with E-state index in [1.807, 2.05) is 24.3 Å². The lowest BCUT2D eigenvalue weighted by molar-refractivity contribution is -0.384. The van der Waals surface area contributed by atoms with Gasteiger partial charge in [0.25, 0.3) is 11.6 Å². The van der Waals surface area contributed by atoms with Crippen LogP contribution in [0.3, 0.4) is 0 Å². The van der Waals surface area contributed by atoms with Gasteiger partial charge in [-0.1, -0.05) is 40.2 Å². The largest absolute Gasteiger partial charge is 0.289 e. The summed E-state index contributed by atoms with van der Waals surface area (Å²) in [7, 11) is 0. The van der Waals surface area contributed by atoms with Crippen molar-refractivity contribution in [1.29, 1.82) is 0 Å². The number of nitro benzene ring substituents is 1. The molecule has 0 atom stereocenters. The van der Waals surface area contributed by atoms with Gasteiger partial charge in [0.2, 0.25) is 0 Å². The molecule has 26 heavy (non-hydrogen) atoms. The first-order chi connectivity index (χ1) is 12.5. The third kappa shape index (κ3) is 4.19. The molecule has 0 fully saturated rings. The van der Waals surface area contributed by atoms with Gasteiger partial charge in [-0.05, 0) is 23.8 Å². The van der Waals surface area contributed by atoms with Crippen molar-refractivity contribution < 1.29 is 9.72 Å². The summed E-state index contributed by atoms with van der Waals surface area (Å²) in [6.45, 7) is 0. The van der Waals surface area contributed by atoms with Crippen LogP contribution in [-0.2, 0) is 0 Å². The molecule has 130 valence electrons. The highest BCUT2D eigenvalue weighted by atomic mass is 79.9. The molecule has 0 saturated carbocycles. The lowest BCUT2D eigenvalue weighted by Gasteiger charge is -1.97. The lowest BCUT2D eigenvalue weighted by Crippen LogP contribution is -2.17. The quantitative estimate of drug-likeness (QED) is 0.378. The highest BCUT2D eigenvalue weighted by molar-refractivity contribution is 9.10. The molecule has 0 aliphatic rings. The van der Waals surface area contributed by atoms with Crippen molar-refractivity contribution in [1.82, 2.24) is 15.6 Å². The number of nitrogens with zero attached hydrogens (tertiary/aromatic N) is 3. The Hall–Kier alpha value is -3.33. The number of non-ortho nitro benzene ring substituents is 1. The number of nitro groups is 1. The molecule has 3 rings (SSSR count). The number of amides is 1. The fourth-order valence-corrected chi connectivity index (χ4v) is 2.59. The van der Waals surface area contributed by atoms with Crippen LogP contribution in [0.25, 0.3) is 11.3 Å². The summed E-state index contributed by atoms with van der Waals surface area (Å²) >= 11 is 3.35. The van der Waals surface area contributed by atoms with Gasteiger partial charge in [0.1, 0.15) is 5.69 Å². The first-order valence-corrected chi connectivity index (χ1v) is 8.21. The van der Waals surface area contributed by atoms with Gasteiger partial charge < -0.3 is 0 Å². The molecule has 3 aromatic rings. The summed E-state index contributed by atoms with van der Waals surface area (Å²) in [4.78, 5) is 22.5. The molecule has 0 unspecified atom stereocenters. The monoisotopic (exact) mass is 413 g/mol. The Kier molecular flexibility index (Phi) is 5.18. The topological polar surface area (TPSA) is 113 Å². The Bertz CT molecular complexity index is 999. The van der Waals surface area contributed by atoms with Gasteiger partial charge in [-0.2, -0.15) is 10.2 Å². The summed E-state index contributed by atoms with van der Waals surface area (Å²) < 4.78 is 0.906. The van der Waals surface area contributed by atoms with Gasteiger partial charge in [-0.15, -0.1) is 0 Å². The van der Waals surface area contributed by atoms with Gasteiger partial charge in [0.05, 0.1) is 16.8 Å². The van der Waals surface area contributed by atoms with Gasteiger partial charge >= 0.3 is 0 Å². The average molecular weight is 414 g/mol. The highest BCUT2D eigenvalue weighted by Gasteiger charge is 2.13. The van der Waals surface area contributed by atoms with Crippen molar-refractivity contribution in [2.24, 2.45) is 5.10 Å². The first kappa shape index (κ1) is 17.5. The maximum atomic E-state index is 12.1. The third-order valence-electron chi connectivity index (χ3n) is 3.40. The number of halogens is 1. The number of H-pyrrole nitrogens is 1. The lowest BCUT2D eigenvalue weighted by atomic mass is 10.1. The fourth-order valence-electron chi connectivity index (χ4n) is 2.18. The van der Waals surface area contributed by atoms with Crippen LogP contribution >= 0.6 is 15.9 Å². The molecule has 1 amide bonds. The maximum Gasteiger partial charge on any atom is 0.289 e. The van der Waals surface area contributed by atoms with Crippen LogP contribution in [0.5, 0.6) is 0 Å². The molecule has 1 aromatic heterocycles.